The molecule has 0 radical (unpaired) electrons. The first kappa shape index (κ1) is 14.2. The molecule has 1 saturated carbocycles. The Hall–Kier alpha value is -1.37. The van der Waals surface area contributed by atoms with Crippen molar-refractivity contribution in [3.05, 3.63) is 46.3 Å². The van der Waals surface area contributed by atoms with Gasteiger partial charge >= 0.3 is 0 Å². The van der Waals surface area contributed by atoms with E-state index in [1.165, 1.54) is 16.9 Å². The maximum Gasteiger partial charge on any atom is 0.271 e. The number of nitrogens with one attached hydrogen (secondary N) is 2. The minimum Gasteiger partial charge on any atom is -0.312 e. The van der Waals surface area contributed by atoms with Crippen LogP contribution < -0.4 is 10.0 Å². The molecule has 4 nitrogen and oxygen atoms in total. The normalized spacial score (nSPS) is 18.0. The first-order valence-electron chi connectivity index (χ1n) is 7.57. The van der Waals surface area contributed by atoms with Crippen molar-refractivity contribution in [1.29, 1.82) is 0 Å². The van der Waals surface area contributed by atoms with Gasteiger partial charge in [0.1, 0.15) is 4.21 Å². The lowest BCUT2D eigenvalue weighted by Crippen LogP contribution is -2.25. The minimum absolute atomic E-state index is 0.437. The molecule has 1 aliphatic carbocycles. The number of fused-ring (bicyclic) bond motifs is 1. The van der Waals surface area contributed by atoms with E-state index in [9.17, 15) is 8.42 Å². The quantitative estimate of drug-likeness (QED) is 0.903. The smallest absolute Gasteiger partial charge is 0.271 e. The fourth-order valence-electron chi connectivity index (χ4n) is 3.04. The number of hydrogen-bond donors (Lipinski definition) is 2. The first-order chi connectivity index (χ1) is 10.6. The Morgan fingerprint density at radius 1 is 1.23 bits per heavy atom. The van der Waals surface area contributed by atoms with E-state index in [1.807, 2.05) is 23.6 Å². The molecule has 116 valence electrons. The standard InChI is InChI=1S/C16H18N2O2S2/c19-22(20,16-14(7-9-21-16)11-4-5-11)18-15-3-1-2-12-10-17-8-6-13(12)15/h1-3,7,9,11,17-18H,4-6,8,10H2. The molecule has 1 aromatic heterocycles. The van der Waals surface area contributed by atoms with Crippen LogP contribution in [0.1, 0.15) is 35.4 Å². The summed E-state index contributed by atoms with van der Waals surface area (Å²) in [5.74, 6) is 0.437. The van der Waals surface area contributed by atoms with Crippen LogP contribution in [0.5, 0.6) is 0 Å². The van der Waals surface area contributed by atoms with Crippen LogP contribution in [0.3, 0.4) is 0 Å². The van der Waals surface area contributed by atoms with Gasteiger partial charge in [0.25, 0.3) is 10.0 Å². The molecule has 2 aromatic rings. The molecule has 0 spiro atoms. The monoisotopic (exact) mass is 334 g/mol. The van der Waals surface area contributed by atoms with Crippen molar-refractivity contribution in [2.75, 3.05) is 11.3 Å². The Labute approximate surface area is 134 Å². The fourth-order valence-corrected chi connectivity index (χ4v) is 5.67. The Bertz CT molecular complexity index is 807. The summed E-state index contributed by atoms with van der Waals surface area (Å²) in [5.41, 5.74) is 4.02. The predicted molar refractivity (Wildman–Crippen MR) is 89.0 cm³/mol. The van der Waals surface area contributed by atoms with Gasteiger partial charge in [-0.15, -0.1) is 11.3 Å². The number of anilines is 1. The second-order valence-corrected chi connectivity index (χ2v) is 8.71. The lowest BCUT2D eigenvalue weighted by atomic mass is 9.99. The highest BCUT2D eigenvalue weighted by Gasteiger charge is 2.32. The largest absolute Gasteiger partial charge is 0.312 e. The van der Waals surface area contributed by atoms with Gasteiger partial charge in [0.05, 0.1) is 5.69 Å². The van der Waals surface area contributed by atoms with Crippen molar-refractivity contribution in [1.82, 2.24) is 5.32 Å². The van der Waals surface area contributed by atoms with Crippen LogP contribution in [-0.2, 0) is 23.0 Å². The Balaban J connectivity index is 1.69. The number of thiophene rings is 1. The average molecular weight is 334 g/mol. The second kappa shape index (κ2) is 5.37. The van der Waals surface area contributed by atoms with Crippen LogP contribution >= 0.6 is 11.3 Å². The van der Waals surface area contributed by atoms with E-state index in [4.69, 9.17) is 0 Å². The number of benzene rings is 1. The van der Waals surface area contributed by atoms with Gasteiger partial charge in [-0.3, -0.25) is 4.72 Å². The zero-order valence-corrected chi connectivity index (χ0v) is 13.8. The minimum atomic E-state index is -3.49. The summed E-state index contributed by atoms with van der Waals surface area (Å²) in [6, 6.07) is 7.80. The molecule has 2 N–H and O–H groups in total. The van der Waals surface area contributed by atoms with Gasteiger partial charge in [0.15, 0.2) is 0 Å². The molecule has 1 fully saturated rings. The van der Waals surface area contributed by atoms with Crippen molar-refractivity contribution < 1.29 is 8.42 Å². The van der Waals surface area contributed by atoms with Crippen LogP contribution in [0.4, 0.5) is 5.69 Å². The Kier molecular flexibility index (Phi) is 3.47. The average Bonchev–Trinajstić information content (AvgIpc) is 3.23. The predicted octanol–water partition coefficient (Wildman–Crippen LogP) is 3.07. The molecule has 6 heteroatoms. The molecule has 0 bridgehead atoms. The summed E-state index contributed by atoms with van der Waals surface area (Å²) >= 11 is 1.32. The maximum absolute atomic E-state index is 12.8. The maximum atomic E-state index is 12.8. The summed E-state index contributed by atoms with van der Waals surface area (Å²) in [5, 5.41) is 5.20. The SMILES string of the molecule is O=S(=O)(Nc1cccc2c1CCNC2)c1sccc1C1CC1. The van der Waals surface area contributed by atoms with Crippen LogP contribution in [0.2, 0.25) is 0 Å². The molecule has 2 aliphatic rings. The van der Waals surface area contributed by atoms with Gasteiger partial charge in [-0.25, -0.2) is 8.42 Å². The molecular weight excluding hydrogens is 316 g/mol. The third-order valence-corrected chi connectivity index (χ3v) is 7.19. The van der Waals surface area contributed by atoms with E-state index in [-0.39, 0.29) is 0 Å². The summed E-state index contributed by atoms with van der Waals surface area (Å²) < 4.78 is 28.9. The van der Waals surface area contributed by atoms with Crippen molar-refractivity contribution in [3.63, 3.8) is 0 Å². The van der Waals surface area contributed by atoms with Crippen LogP contribution in [0, 0.1) is 0 Å². The van der Waals surface area contributed by atoms with Crippen LogP contribution in [0.25, 0.3) is 0 Å². The van der Waals surface area contributed by atoms with Crippen molar-refractivity contribution in [2.45, 2.75) is 35.9 Å². The van der Waals surface area contributed by atoms with Crippen molar-refractivity contribution >= 4 is 27.0 Å². The zero-order chi connectivity index (χ0) is 15.2. The Morgan fingerprint density at radius 3 is 2.91 bits per heavy atom. The molecule has 4 rings (SSSR count). The van der Waals surface area contributed by atoms with Gasteiger partial charge < -0.3 is 5.32 Å². The number of sulfonamides is 1. The van der Waals surface area contributed by atoms with Crippen LogP contribution in [0.15, 0.2) is 33.9 Å². The van der Waals surface area contributed by atoms with Gasteiger partial charge in [-0.2, -0.15) is 0 Å². The van der Waals surface area contributed by atoms with E-state index >= 15 is 0 Å². The summed E-state index contributed by atoms with van der Waals surface area (Å²) in [6.45, 7) is 1.69. The molecule has 1 aromatic carbocycles. The first-order valence-corrected chi connectivity index (χ1v) is 9.93. The Morgan fingerprint density at radius 2 is 2.09 bits per heavy atom. The van der Waals surface area contributed by atoms with E-state index < -0.39 is 10.0 Å². The zero-order valence-electron chi connectivity index (χ0n) is 12.1. The summed E-state index contributed by atoms with van der Waals surface area (Å²) in [6.07, 6.45) is 3.06. The molecule has 0 amide bonds. The third-order valence-electron chi connectivity index (χ3n) is 4.30. The van der Waals surface area contributed by atoms with Crippen LogP contribution in [-0.4, -0.2) is 15.0 Å². The molecule has 22 heavy (non-hydrogen) atoms. The molecule has 0 saturated heterocycles. The van der Waals surface area contributed by atoms with E-state index in [0.29, 0.717) is 10.1 Å². The number of hydrogen-bond acceptors (Lipinski definition) is 4. The molecule has 2 heterocycles. The molecule has 1 aliphatic heterocycles. The highest BCUT2D eigenvalue weighted by atomic mass is 32.2. The van der Waals surface area contributed by atoms with Gasteiger partial charge in [-0.1, -0.05) is 12.1 Å². The number of rotatable bonds is 4. The van der Waals surface area contributed by atoms with Crippen molar-refractivity contribution in [2.24, 2.45) is 0 Å². The molecule has 0 atom stereocenters. The topological polar surface area (TPSA) is 58.2 Å². The van der Waals surface area contributed by atoms with Gasteiger partial charge in [-0.05, 0) is 65.9 Å². The lowest BCUT2D eigenvalue weighted by molar-refractivity contribution is 0.601. The third kappa shape index (κ3) is 2.55. The second-order valence-electron chi connectivity index (χ2n) is 5.91. The highest BCUT2D eigenvalue weighted by molar-refractivity contribution is 7.94. The van der Waals surface area contributed by atoms with E-state index in [1.54, 1.807) is 0 Å². The van der Waals surface area contributed by atoms with E-state index in [0.717, 1.165) is 49.2 Å². The summed E-state index contributed by atoms with van der Waals surface area (Å²) in [7, 11) is -3.49. The van der Waals surface area contributed by atoms with Crippen molar-refractivity contribution in [3.8, 4) is 0 Å². The van der Waals surface area contributed by atoms with E-state index in [2.05, 4.69) is 16.1 Å². The molecule has 0 unspecified atom stereocenters. The molecular formula is C16H18N2O2S2. The lowest BCUT2D eigenvalue weighted by Gasteiger charge is -2.21. The summed E-state index contributed by atoms with van der Waals surface area (Å²) in [4.78, 5) is 0. The van der Waals surface area contributed by atoms with Gasteiger partial charge in [0, 0.05) is 6.54 Å². The van der Waals surface area contributed by atoms with Gasteiger partial charge in [0.2, 0.25) is 0 Å². The fraction of sp³-hybridized carbons (Fsp3) is 0.375. The highest BCUT2D eigenvalue weighted by Crippen LogP contribution is 2.45.